The van der Waals surface area contributed by atoms with Gasteiger partial charge in [0.15, 0.2) is 5.16 Å². The standard InChI is InChI=1S/C23H23N5O3S/c1-15-9-10-16(2)18(13-15)27-12-11-24-22(27)32-14-19(29)26-28-20(30)23(3,25-21(28)31)17-7-5-4-6-8-17/h4-13H,14H2,1-3H3,(H,25,31)(H,26,29). The molecule has 1 atom stereocenters. The number of carbonyl (C=O) groups excluding carboxylic acids is 3. The second-order valence-electron chi connectivity index (χ2n) is 7.76. The van der Waals surface area contributed by atoms with E-state index < -0.39 is 23.4 Å². The number of benzene rings is 2. The van der Waals surface area contributed by atoms with Crippen LogP contribution in [0.4, 0.5) is 4.79 Å². The first-order chi connectivity index (χ1) is 15.3. The van der Waals surface area contributed by atoms with E-state index in [9.17, 15) is 14.4 Å². The van der Waals surface area contributed by atoms with Crippen LogP contribution in [0, 0.1) is 13.8 Å². The molecule has 4 rings (SSSR count). The molecule has 0 aliphatic carbocycles. The molecule has 1 saturated heterocycles. The van der Waals surface area contributed by atoms with Gasteiger partial charge >= 0.3 is 6.03 Å². The molecular formula is C23H23N5O3S. The molecule has 4 amide bonds. The summed E-state index contributed by atoms with van der Waals surface area (Å²) in [6.07, 6.45) is 3.51. The number of hydrogen-bond donors (Lipinski definition) is 2. The number of imidazole rings is 1. The van der Waals surface area contributed by atoms with Gasteiger partial charge in [-0.1, -0.05) is 54.2 Å². The Hall–Kier alpha value is -3.59. The molecule has 0 saturated carbocycles. The Morgan fingerprint density at radius 1 is 1.16 bits per heavy atom. The number of rotatable bonds is 6. The number of hydrogen-bond acceptors (Lipinski definition) is 5. The van der Waals surface area contributed by atoms with Crippen molar-refractivity contribution in [2.45, 2.75) is 31.5 Å². The van der Waals surface area contributed by atoms with Crippen LogP contribution in [0.1, 0.15) is 23.6 Å². The second kappa shape index (κ2) is 8.51. The molecule has 8 nitrogen and oxygen atoms in total. The second-order valence-corrected chi connectivity index (χ2v) is 8.70. The predicted molar refractivity (Wildman–Crippen MR) is 121 cm³/mol. The van der Waals surface area contributed by atoms with Crippen molar-refractivity contribution in [2.75, 3.05) is 5.75 Å². The summed E-state index contributed by atoms with van der Waals surface area (Å²) in [5, 5.41) is 4.05. The molecule has 9 heteroatoms. The number of nitrogens with one attached hydrogen (secondary N) is 2. The Balaban J connectivity index is 1.44. The van der Waals surface area contributed by atoms with E-state index in [0.717, 1.165) is 21.8 Å². The van der Waals surface area contributed by atoms with Crippen LogP contribution in [0.5, 0.6) is 0 Å². The van der Waals surface area contributed by atoms with Gasteiger partial charge in [-0.05, 0) is 43.5 Å². The van der Waals surface area contributed by atoms with Crippen LogP contribution in [0.25, 0.3) is 5.69 Å². The summed E-state index contributed by atoms with van der Waals surface area (Å²) in [7, 11) is 0. The highest BCUT2D eigenvalue weighted by Crippen LogP contribution is 2.28. The summed E-state index contributed by atoms with van der Waals surface area (Å²) in [5.41, 5.74) is 5.01. The third-order valence-electron chi connectivity index (χ3n) is 5.34. The maximum atomic E-state index is 12.9. The Labute approximate surface area is 190 Å². The van der Waals surface area contributed by atoms with Crippen LogP contribution in [0.3, 0.4) is 0 Å². The quantitative estimate of drug-likeness (QED) is 0.445. The van der Waals surface area contributed by atoms with Crippen LogP contribution < -0.4 is 10.7 Å². The fourth-order valence-electron chi connectivity index (χ4n) is 3.55. The van der Waals surface area contributed by atoms with Crippen molar-refractivity contribution in [3.05, 3.63) is 77.6 Å². The average Bonchev–Trinajstić information content (AvgIpc) is 3.33. The molecule has 3 aromatic rings. The van der Waals surface area contributed by atoms with Gasteiger partial charge in [-0.2, -0.15) is 5.01 Å². The predicted octanol–water partition coefficient (Wildman–Crippen LogP) is 3.08. The van der Waals surface area contributed by atoms with Crippen LogP contribution in [-0.4, -0.2) is 38.2 Å². The van der Waals surface area contributed by atoms with E-state index in [-0.39, 0.29) is 5.75 Å². The Kier molecular flexibility index (Phi) is 5.75. The van der Waals surface area contributed by atoms with E-state index >= 15 is 0 Å². The first-order valence-corrected chi connectivity index (χ1v) is 11.0. The minimum atomic E-state index is -1.24. The van der Waals surface area contributed by atoms with Gasteiger partial charge in [0.1, 0.15) is 5.54 Å². The summed E-state index contributed by atoms with van der Waals surface area (Å²) < 4.78 is 1.92. The Bertz CT molecular complexity index is 1190. The summed E-state index contributed by atoms with van der Waals surface area (Å²) in [5.74, 6) is -1.03. The molecule has 2 aromatic carbocycles. The molecule has 0 spiro atoms. The molecule has 164 valence electrons. The zero-order valence-electron chi connectivity index (χ0n) is 18.0. The topological polar surface area (TPSA) is 96.3 Å². The number of imide groups is 1. The number of urea groups is 1. The van der Waals surface area contributed by atoms with Crippen LogP contribution >= 0.6 is 11.8 Å². The number of amides is 4. The van der Waals surface area contributed by atoms with Crippen LogP contribution in [0.2, 0.25) is 0 Å². The van der Waals surface area contributed by atoms with Gasteiger partial charge in [0.05, 0.1) is 11.4 Å². The number of aromatic nitrogens is 2. The molecule has 1 aliphatic rings. The lowest BCUT2D eigenvalue weighted by Crippen LogP contribution is -2.48. The van der Waals surface area contributed by atoms with E-state index in [1.807, 2.05) is 42.8 Å². The largest absolute Gasteiger partial charge is 0.344 e. The maximum Gasteiger partial charge on any atom is 0.344 e. The molecule has 0 bridgehead atoms. The first kappa shape index (κ1) is 21.6. The maximum absolute atomic E-state index is 12.9. The molecule has 1 unspecified atom stereocenters. The van der Waals surface area contributed by atoms with Gasteiger partial charge in [0, 0.05) is 12.4 Å². The first-order valence-electron chi connectivity index (χ1n) is 10.0. The number of carbonyl (C=O) groups is 3. The third-order valence-corrected chi connectivity index (χ3v) is 6.31. The van der Waals surface area contributed by atoms with Crippen molar-refractivity contribution in [1.29, 1.82) is 0 Å². The molecule has 1 fully saturated rings. The van der Waals surface area contributed by atoms with Crippen molar-refractivity contribution >= 4 is 29.6 Å². The molecule has 1 aromatic heterocycles. The number of hydrazine groups is 1. The molecular weight excluding hydrogens is 426 g/mol. The van der Waals surface area contributed by atoms with E-state index in [1.165, 1.54) is 11.8 Å². The molecule has 0 radical (unpaired) electrons. The lowest BCUT2D eigenvalue weighted by Gasteiger charge is -2.22. The van der Waals surface area contributed by atoms with Crippen molar-refractivity contribution < 1.29 is 14.4 Å². The van der Waals surface area contributed by atoms with Crippen molar-refractivity contribution in [2.24, 2.45) is 0 Å². The number of nitrogens with zero attached hydrogens (tertiary/aromatic N) is 3. The third kappa shape index (κ3) is 3.99. The lowest BCUT2D eigenvalue weighted by atomic mass is 9.92. The van der Waals surface area contributed by atoms with Crippen molar-refractivity contribution in [3.8, 4) is 5.69 Å². The highest BCUT2D eigenvalue weighted by atomic mass is 32.2. The van der Waals surface area contributed by atoms with Crippen LogP contribution in [-0.2, 0) is 15.1 Å². The minimum absolute atomic E-state index is 0.0129. The summed E-state index contributed by atoms with van der Waals surface area (Å²) in [6, 6.07) is 14.4. The number of aryl methyl sites for hydroxylation is 2. The highest BCUT2D eigenvalue weighted by Gasteiger charge is 2.49. The minimum Gasteiger partial charge on any atom is -0.318 e. The van der Waals surface area contributed by atoms with E-state index in [1.54, 1.807) is 37.4 Å². The smallest absolute Gasteiger partial charge is 0.318 e. The average molecular weight is 450 g/mol. The van der Waals surface area contributed by atoms with E-state index in [4.69, 9.17) is 0 Å². The van der Waals surface area contributed by atoms with Gasteiger partial charge < -0.3 is 5.32 Å². The Morgan fingerprint density at radius 3 is 2.66 bits per heavy atom. The van der Waals surface area contributed by atoms with Gasteiger partial charge in [-0.3, -0.25) is 19.6 Å². The van der Waals surface area contributed by atoms with Gasteiger partial charge in [-0.25, -0.2) is 9.78 Å². The summed E-state index contributed by atoms with van der Waals surface area (Å²) >= 11 is 1.22. The van der Waals surface area contributed by atoms with Crippen molar-refractivity contribution in [3.63, 3.8) is 0 Å². The monoisotopic (exact) mass is 449 g/mol. The van der Waals surface area contributed by atoms with E-state index in [0.29, 0.717) is 10.7 Å². The van der Waals surface area contributed by atoms with Gasteiger partial charge in [-0.15, -0.1) is 0 Å². The van der Waals surface area contributed by atoms with Crippen molar-refractivity contribution in [1.82, 2.24) is 25.3 Å². The summed E-state index contributed by atoms with van der Waals surface area (Å²) in [6.45, 7) is 5.64. The van der Waals surface area contributed by atoms with Gasteiger partial charge in [0.25, 0.3) is 5.91 Å². The normalized spacial score (nSPS) is 18.0. The zero-order valence-corrected chi connectivity index (χ0v) is 18.8. The van der Waals surface area contributed by atoms with Crippen LogP contribution in [0.15, 0.2) is 66.1 Å². The fraction of sp³-hybridized carbons (Fsp3) is 0.217. The molecule has 32 heavy (non-hydrogen) atoms. The lowest BCUT2D eigenvalue weighted by molar-refractivity contribution is -0.138. The number of thioether (sulfide) groups is 1. The molecule has 1 aliphatic heterocycles. The SMILES string of the molecule is Cc1ccc(C)c(-n2ccnc2SCC(=O)NN2C(=O)NC(C)(c3ccccc3)C2=O)c1. The highest BCUT2D eigenvalue weighted by molar-refractivity contribution is 7.99. The summed E-state index contributed by atoms with van der Waals surface area (Å²) in [4.78, 5) is 42.2. The van der Waals surface area contributed by atoms with E-state index in [2.05, 4.69) is 21.8 Å². The molecule has 2 heterocycles. The van der Waals surface area contributed by atoms with Gasteiger partial charge in [0.2, 0.25) is 5.91 Å². The zero-order chi connectivity index (χ0) is 22.9. The molecule has 2 N–H and O–H groups in total. The fourth-order valence-corrected chi connectivity index (χ4v) is 4.31. The Morgan fingerprint density at radius 2 is 1.91 bits per heavy atom.